The van der Waals surface area contributed by atoms with Crippen LogP contribution in [0.5, 0.6) is 11.5 Å². The predicted octanol–water partition coefficient (Wildman–Crippen LogP) is 4.29. The first-order valence-corrected chi connectivity index (χ1v) is 9.03. The Balaban J connectivity index is 0.00000280. The summed E-state index contributed by atoms with van der Waals surface area (Å²) in [5, 5.41) is 14.7. The number of hydrogen-bond acceptors (Lipinski definition) is 5. The first kappa shape index (κ1) is 21.9. The van der Waals surface area contributed by atoms with Crippen molar-refractivity contribution in [1.82, 2.24) is 10.2 Å². The Morgan fingerprint density at radius 2 is 1.86 bits per heavy atom. The van der Waals surface area contributed by atoms with Gasteiger partial charge in [0.25, 0.3) is 5.91 Å². The molecule has 2 aromatic carbocycles. The van der Waals surface area contributed by atoms with Crippen LogP contribution in [0.1, 0.15) is 23.2 Å². The van der Waals surface area contributed by atoms with Crippen molar-refractivity contribution in [3.8, 4) is 11.5 Å². The van der Waals surface area contributed by atoms with Gasteiger partial charge in [0.15, 0.2) is 0 Å². The number of nitro benzene ring substituents is 1. The van der Waals surface area contributed by atoms with E-state index in [0.717, 1.165) is 25.9 Å². The lowest BCUT2D eigenvalue weighted by atomic mass is 10.0. The zero-order valence-electron chi connectivity index (χ0n) is 15.3. The summed E-state index contributed by atoms with van der Waals surface area (Å²) >= 11 is 5.81. The fourth-order valence-electron chi connectivity index (χ4n) is 3.08. The van der Waals surface area contributed by atoms with E-state index in [2.05, 4.69) is 5.32 Å². The third kappa shape index (κ3) is 5.13. The van der Waals surface area contributed by atoms with Crippen LogP contribution in [0, 0.1) is 10.1 Å². The zero-order valence-corrected chi connectivity index (χ0v) is 16.8. The minimum atomic E-state index is -0.549. The van der Waals surface area contributed by atoms with Gasteiger partial charge < -0.3 is 15.0 Å². The highest BCUT2D eigenvalue weighted by molar-refractivity contribution is 6.30. The number of piperidine rings is 1. The highest BCUT2D eigenvalue weighted by Crippen LogP contribution is 2.33. The summed E-state index contributed by atoms with van der Waals surface area (Å²) in [6, 6.07) is 11.0. The molecule has 0 saturated carbocycles. The monoisotopic (exact) mass is 425 g/mol. The van der Waals surface area contributed by atoms with E-state index < -0.39 is 4.92 Å². The van der Waals surface area contributed by atoms with E-state index in [9.17, 15) is 14.9 Å². The number of carbonyl (C=O) groups is 1. The standard InChI is InChI=1S/C19H20ClN3O4.ClH/c1-22(15-8-10-21-11-9-15)19(24)13-2-5-16(6-3-13)27-18-7-4-14(20)12-17(18)23(25)26;/h2-7,12,15,21H,8-11H2,1H3;1H. The molecule has 1 aliphatic rings. The van der Waals surface area contributed by atoms with Gasteiger partial charge in [0.2, 0.25) is 5.75 Å². The van der Waals surface area contributed by atoms with Crippen molar-refractivity contribution in [2.24, 2.45) is 0 Å². The maximum Gasteiger partial charge on any atom is 0.313 e. The third-order valence-electron chi connectivity index (χ3n) is 4.62. The number of ether oxygens (including phenoxy) is 1. The van der Waals surface area contributed by atoms with Crippen LogP contribution in [0.3, 0.4) is 0 Å². The number of benzene rings is 2. The molecule has 0 unspecified atom stereocenters. The molecule has 0 atom stereocenters. The third-order valence-corrected chi connectivity index (χ3v) is 4.86. The van der Waals surface area contributed by atoms with Crippen LogP contribution in [0.15, 0.2) is 42.5 Å². The number of carbonyl (C=O) groups excluding carboxylic acids is 1. The van der Waals surface area contributed by atoms with Crippen molar-refractivity contribution in [2.75, 3.05) is 20.1 Å². The SMILES string of the molecule is CN(C(=O)c1ccc(Oc2ccc(Cl)cc2[N+](=O)[O-])cc1)C1CCNCC1.Cl. The van der Waals surface area contributed by atoms with E-state index in [-0.39, 0.29) is 40.8 Å². The molecular weight excluding hydrogens is 405 g/mol. The van der Waals surface area contributed by atoms with E-state index in [0.29, 0.717) is 11.3 Å². The quantitative estimate of drug-likeness (QED) is 0.570. The van der Waals surface area contributed by atoms with Gasteiger partial charge in [0.05, 0.1) is 4.92 Å². The van der Waals surface area contributed by atoms with Gasteiger partial charge in [-0.25, -0.2) is 0 Å². The molecule has 1 fully saturated rings. The van der Waals surface area contributed by atoms with Crippen LogP contribution < -0.4 is 10.1 Å². The zero-order chi connectivity index (χ0) is 19.4. The molecule has 9 heteroatoms. The van der Waals surface area contributed by atoms with Gasteiger partial charge in [-0.05, 0) is 62.3 Å². The molecule has 0 bridgehead atoms. The second-order valence-electron chi connectivity index (χ2n) is 6.39. The number of nitrogens with zero attached hydrogens (tertiary/aromatic N) is 2. The van der Waals surface area contributed by atoms with Gasteiger partial charge in [-0.1, -0.05) is 11.6 Å². The van der Waals surface area contributed by atoms with Gasteiger partial charge in [-0.2, -0.15) is 0 Å². The van der Waals surface area contributed by atoms with Crippen LogP contribution in [0.25, 0.3) is 0 Å². The smallest absolute Gasteiger partial charge is 0.313 e. The minimum Gasteiger partial charge on any atom is -0.450 e. The van der Waals surface area contributed by atoms with Gasteiger partial charge in [0, 0.05) is 29.7 Å². The molecule has 1 aliphatic heterocycles. The predicted molar refractivity (Wildman–Crippen MR) is 110 cm³/mol. The molecule has 28 heavy (non-hydrogen) atoms. The van der Waals surface area contributed by atoms with Crippen molar-refractivity contribution >= 4 is 35.6 Å². The number of amides is 1. The maximum atomic E-state index is 12.7. The lowest BCUT2D eigenvalue weighted by Crippen LogP contribution is -2.43. The lowest BCUT2D eigenvalue weighted by Gasteiger charge is -2.31. The molecule has 150 valence electrons. The van der Waals surface area contributed by atoms with Gasteiger partial charge in [-0.3, -0.25) is 14.9 Å². The molecule has 3 rings (SSSR count). The molecule has 1 N–H and O–H groups in total. The fourth-order valence-corrected chi connectivity index (χ4v) is 3.24. The second kappa shape index (κ2) is 9.73. The van der Waals surface area contributed by atoms with Gasteiger partial charge >= 0.3 is 5.69 Å². The molecular formula is C19H21Cl2N3O4. The van der Waals surface area contributed by atoms with Crippen LogP contribution in [-0.4, -0.2) is 41.9 Å². The Hall–Kier alpha value is -2.35. The number of nitro groups is 1. The van der Waals surface area contributed by atoms with Crippen molar-refractivity contribution < 1.29 is 14.5 Å². The van der Waals surface area contributed by atoms with Crippen molar-refractivity contribution in [3.63, 3.8) is 0 Å². The Morgan fingerprint density at radius 3 is 2.46 bits per heavy atom. The minimum absolute atomic E-state index is 0. The van der Waals surface area contributed by atoms with E-state index in [1.807, 2.05) is 7.05 Å². The van der Waals surface area contributed by atoms with Gasteiger partial charge in [-0.15, -0.1) is 12.4 Å². The molecule has 0 spiro atoms. The Morgan fingerprint density at radius 1 is 1.21 bits per heavy atom. The molecule has 1 amide bonds. The number of halogens is 2. The molecule has 0 aliphatic carbocycles. The summed E-state index contributed by atoms with van der Waals surface area (Å²) in [5.74, 6) is 0.447. The molecule has 1 heterocycles. The summed E-state index contributed by atoms with van der Waals surface area (Å²) < 4.78 is 5.60. The molecule has 0 radical (unpaired) electrons. The Labute approximate surface area is 174 Å². The summed E-state index contributed by atoms with van der Waals surface area (Å²) in [4.78, 5) is 25.0. The first-order chi connectivity index (χ1) is 13.0. The highest BCUT2D eigenvalue weighted by atomic mass is 35.5. The summed E-state index contributed by atoms with van der Waals surface area (Å²) in [6.45, 7) is 1.82. The first-order valence-electron chi connectivity index (χ1n) is 8.65. The molecule has 7 nitrogen and oxygen atoms in total. The van der Waals surface area contributed by atoms with Crippen LogP contribution in [0.2, 0.25) is 5.02 Å². The molecule has 0 aromatic heterocycles. The van der Waals surface area contributed by atoms with E-state index in [1.165, 1.54) is 18.2 Å². The second-order valence-corrected chi connectivity index (χ2v) is 6.83. The van der Waals surface area contributed by atoms with Crippen molar-refractivity contribution in [2.45, 2.75) is 18.9 Å². The summed E-state index contributed by atoms with van der Waals surface area (Å²) in [5.41, 5.74) is 0.335. The highest BCUT2D eigenvalue weighted by Gasteiger charge is 2.23. The van der Waals surface area contributed by atoms with E-state index in [4.69, 9.17) is 16.3 Å². The fraction of sp³-hybridized carbons (Fsp3) is 0.316. The Bertz CT molecular complexity index is 840. The number of hydrogen-bond donors (Lipinski definition) is 1. The van der Waals surface area contributed by atoms with E-state index in [1.54, 1.807) is 29.2 Å². The largest absolute Gasteiger partial charge is 0.450 e. The number of nitrogens with one attached hydrogen (secondary N) is 1. The Kier molecular flexibility index (Phi) is 7.62. The van der Waals surface area contributed by atoms with Crippen molar-refractivity contribution in [1.29, 1.82) is 0 Å². The summed E-state index contributed by atoms with van der Waals surface area (Å²) in [6.07, 6.45) is 1.87. The van der Waals surface area contributed by atoms with Crippen LogP contribution in [-0.2, 0) is 0 Å². The molecule has 2 aromatic rings. The van der Waals surface area contributed by atoms with Crippen LogP contribution >= 0.6 is 24.0 Å². The average Bonchev–Trinajstić information content (AvgIpc) is 2.69. The van der Waals surface area contributed by atoms with Gasteiger partial charge in [0.1, 0.15) is 5.75 Å². The average molecular weight is 426 g/mol. The van der Waals surface area contributed by atoms with E-state index >= 15 is 0 Å². The van der Waals surface area contributed by atoms with Crippen molar-refractivity contribution in [3.05, 3.63) is 63.2 Å². The molecule has 1 saturated heterocycles. The summed E-state index contributed by atoms with van der Waals surface area (Å²) in [7, 11) is 1.82. The normalized spacial score (nSPS) is 14.1. The lowest BCUT2D eigenvalue weighted by molar-refractivity contribution is -0.385. The topological polar surface area (TPSA) is 84.7 Å². The maximum absolute atomic E-state index is 12.7. The number of rotatable bonds is 5. The van der Waals surface area contributed by atoms with Crippen LogP contribution in [0.4, 0.5) is 5.69 Å².